The number of aromatic nitrogens is 3. The van der Waals surface area contributed by atoms with Crippen LogP contribution in [0.3, 0.4) is 0 Å². The zero-order valence-electron chi connectivity index (χ0n) is 18.4. The van der Waals surface area contributed by atoms with E-state index in [0.29, 0.717) is 17.9 Å². The molecule has 0 unspecified atom stereocenters. The molecule has 1 saturated heterocycles. The predicted molar refractivity (Wildman–Crippen MR) is 131 cm³/mol. The number of hydrogen-bond donors (Lipinski definition) is 2. The molecule has 1 fully saturated rings. The molecule has 0 spiro atoms. The number of anilines is 2. The second-order valence-electron chi connectivity index (χ2n) is 7.50. The van der Waals surface area contributed by atoms with Crippen molar-refractivity contribution >= 4 is 31.0 Å². The van der Waals surface area contributed by atoms with Gasteiger partial charge in [-0.1, -0.05) is 13.0 Å². The largest absolute Gasteiger partial charge is 0.496 e. The number of nitrogens with one attached hydrogen (secondary N) is 2. The van der Waals surface area contributed by atoms with Crippen LogP contribution in [0.2, 0.25) is 0 Å². The zero-order chi connectivity index (χ0) is 21.8. The maximum Gasteiger partial charge on any atom is 0.251 e. The molecular weight excluding hydrogens is 424 g/mol. The summed E-state index contributed by atoms with van der Waals surface area (Å²) in [5.74, 6) is 2.44. The van der Waals surface area contributed by atoms with Gasteiger partial charge in [0.05, 0.1) is 12.8 Å². The maximum atomic E-state index is 11.9. The third-order valence-corrected chi connectivity index (χ3v) is 5.32. The molecule has 32 heavy (non-hydrogen) atoms. The molecule has 3 aromatic rings. The van der Waals surface area contributed by atoms with E-state index in [1.807, 2.05) is 36.5 Å². The first-order chi connectivity index (χ1) is 15.1. The topological polar surface area (TPSA) is 92.0 Å². The fourth-order valence-corrected chi connectivity index (χ4v) is 3.39. The molecule has 4 rings (SSSR count). The van der Waals surface area contributed by atoms with E-state index in [9.17, 15) is 4.79 Å². The van der Waals surface area contributed by atoms with E-state index in [-0.39, 0.29) is 25.3 Å². The highest BCUT2D eigenvalue weighted by atomic mass is 32.1. The van der Waals surface area contributed by atoms with Crippen molar-refractivity contribution < 1.29 is 9.53 Å². The summed E-state index contributed by atoms with van der Waals surface area (Å²) in [6.07, 6.45) is 3.40. The summed E-state index contributed by atoms with van der Waals surface area (Å²) in [5, 5.41) is 6.01. The summed E-state index contributed by atoms with van der Waals surface area (Å²) in [5.41, 5.74) is 3.37. The van der Waals surface area contributed by atoms with Crippen molar-refractivity contribution in [1.82, 2.24) is 20.3 Å². The molecule has 1 aliphatic heterocycles. The number of carbonyl (C=O) groups is 1. The predicted octanol–water partition coefficient (Wildman–Crippen LogP) is 3.06. The van der Waals surface area contributed by atoms with E-state index >= 15 is 0 Å². The number of pyridine rings is 1. The Morgan fingerprint density at radius 1 is 1.16 bits per heavy atom. The number of benzene rings is 1. The molecular formula is C23H28N6O2S. The summed E-state index contributed by atoms with van der Waals surface area (Å²) in [4.78, 5) is 27.3. The summed E-state index contributed by atoms with van der Waals surface area (Å²) < 4.78 is 5.52. The van der Waals surface area contributed by atoms with Crippen LogP contribution in [0.1, 0.15) is 28.8 Å². The van der Waals surface area contributed by atoms with Gasteiger partial charge in [-0.15, -0.1) is 0 Å². The lowest BCUT2D eigenvalue weighted by atomic mass is 9.98. The van der Waals surface area contributed by atoms with E-state index in [4.69, 9.17) is 4.74 Å². The van der Waals surface area contributed by atoms with Gasteiger partial charge in [0.25, 0.3) is 5.91 Å². The third-order valence-electron chi connectivity index (χ3n) is 5.32. The minimum Gasteiger partial charge on any atom is -0.496 e. The van der Waals surface area contributed by atoms with Crippen LogP contribution in [0.25, 0.3) is 11.3 Å². The number of methoxy groups -OCH3 is 1. The van der Waals surface area contributed by atoms with Gasteiger partial charge < -0.3 is 20.3 Å². The van der Waals surface area contributed by atoms with Crippen molar-refractivity contribution in [2.45, 2.75) is 12.8 Å². The van der Waals surface area contributed by atoms with Crippen LogP contribution >= 0.6 is 13.5 Å². The zero-order valence-corrected chi connectivity index (χ0v) is 19.4. The fraction of sp³-hybridized carbons (Fsp3) is 0.304. The lowest BCUT2D eigenvalue weighted by Gasteiger charge is -2.17. The molecule has 1 aliphatic rings. The Hall–Kier alpha value is -3.33. The van der Waals surface area contributed by atoms with Crippen LogP contribution in [-0.4, -0.2) is 54.7 Å². The van der Waals surface area contributed by atoms with Crippen molar-refractivity contribution in [1.29, 1.82) is 0 Å². The highest BCUT2D eigenvalue weighted by Gasteiger charge is 2.19. The Bertz CT molecular complexity index is 1070. The molecule has 0 aliphatic carbocycles. The second-order valence-corrected chi connectivity index (χ2v) is 7.50. The molecule has 1 aromatic carbocycles. The fourth-order valence-electron chi connectivity index (χ4n) is 3.39. The highest BCUT2D eigenvalue weighted by molar-refractivity contribution is 7.59. The molecule has 168 valence electrons. The first-order valence-electron chi connectivity index (χ1n) is 10.3. The smallest absolute Gasteiger partial charge is 0.251 e. The normalized spacial score (nSPS) is 13.0. The van der Waals surface area contributed by atoms with Crippen molar-refractivity contribution in [2.24, 2.45) is 0 Å². The van der Waals surface area contributed by atoms with Gasteiger partial charge in [-0.25, -0.2) is 15.0 Å². The summed E-state index contributed by atoms with van der Waals surface area (Å²) >= 11 is 0. The lowest BCUT2D eigenvalue weighted by molar-refractivity contribution is 0.0962. The molecule has 1 atom stereocenters. The average Bonchev–Trinajstić information content (AvgIpc) is 3.67. The number of rotatable bonds is 8. The molecule has 2 aromatic heterocycles. The van der Waals surface area contributed by atoms with E-state index in [1.165, 1.54) is 0 Å². The average molecular weight is 453 g/mol. The van der Waals surface area contributed by atoms with Crippen LogP contribution in [-0.2, 0) is 0 Å². The monoisotopic (exact) mass is 452 g/mol. The number of hydrogen-bond acceptors (Lipinski definition) is 7. The summed E-state index contributed by atoms with van der Waals surface area (Å²) in [6, 6.07) is 11.5. The minimum absolute atomic E-state index is 0. The van der Waals surface area contributed by atoms with Gasteiger partial charge in [-0.3, -0.25) is 4.79 Å². The molecule has 2 N–H and O–H groups in total. The van der Waals surface area contributed by atoms with E-state index in [2.05, 4.69) is 37.4 Å². The summed E-state index contributed by atoms with van der Waals surface area (Å²) in [6.45, 7) is 4.90. The third kappa shape index (κ3) is 5.28. The molecule has 8 nitrogen and oxygen atoms in total. The Kier molecular flexibility index (Phi) is 7.53. The quantitative estimate of drug-likeness (QED) is 0.508. The van der Waals surface area contributed by atoms with Crippen LogP contribution < -0.4 is 20.3 Å². The van der Waals surface area contributed by atoms with Crippen LogP contribution in [0.5, 0.6) is 5.75 Å². The van der Waals surface area contributed by atoms with Gasteiger partial charge in [0.15, 0.2) is 0 Å². The van der Waals surface area contributed by atoms with Gasteiger partial charge in [-0.05, 0) is 29.8 Å². The first-order valence-corrected chi connectivity index (χ1v) is 10.3. The maximum absolute atomic E-state index is 11.9. The van der Waals surface area contributed by atoms with Crippen LogP contribution in [0.4, 0.5) is 11.6 Å². The molecule has 0 bridgehead atoms. The molecule has 3 heterocycles. The van der Waals surface area contributed by atoms with Crippen molar-refractivity contribution in [3.05, 3.63) is 60.0 Å². The number of nitrogens with zero attached hydrogens (tertiary/aromatic N) is 4. The van der Waals surface area contributed by atoms with E-state index < -0.39 is 0 Å². The lowest BCUT2D eigenvalue weighted by Crippen LogP contribution is -2.18. The van der Waals surface area contributed by atoms with Gasteiger partial charge in [0.1, 0.15) is 23.7 Å². The van der Waals surface area contributed by atoms with Crippen molar-refractivity contribution in [3.8, 4) is 17.0 Å². The Labute approximate surface area is 194 Å². The number of amides is 1. The Balaban J connectivity index is 0.00000289. The Morgan fingerprint density at radius 3 is 2.62 bits per heavy atom. The van der Waals surface area contributed by atoms with E-state index in [1.54, 1.807) is 26.6 Å². The number of carbonyl (C=O) groups excluding carboxylic acids is 1. The van der Waals surface area contributed by atoms with Gasteiger partial charge in [0, 0.05) is 56.0 Å². The highest BCUT2D eigenvalue weighted by Crippen LogP contribution is 2.28. The molecule has 0 radical (unpaired) electrons. The van der Waals surface area contributed by atoms with E-state index in [0.717, 1.165) is 41.5 Å². The Morgan fingerprint density at radius 2 is 1.97 bits per heavy atom. The SMILES string of the molecule is CNC(=O)c1ccc([C@H](C)CNc2cc(-c3ccc(N4CC4)nc3)ncn2)c(OC)c1.S. The molecule has 1 amide bonds. The second kappa shape index (κ2) is 10.3. The van der Waals surface area contributed by atoms with Gasteiger partial charge in [-0.2, -0.15) is 13.5 Å². The minimum atomic E-state index is -0.138. The van der Waals surface area contributed by atoms with Gasteiger partial charge >= 0.3 is 0 Å². The van der Waals surface area contributed by atoms with Crippen LogP contribution in [0.15, 0.2) is 48.9 Å². The van der Waals surface area contributed by atoms with Crippen LogP contribution in [0, 0.1) is 0 Å². The first kappa shape index (κ1) is 23.3. The van der Waals surface area contributed by atoms with Crippen molar-refractivity contribution in [2.75, 3.05) is 44.0 Å². The standard InChI is InChI=1S/C23H26N6O2.H2S/c1-15(18-6-4-16(23(30)24-2)10-20(18)31-3)12-25-21-11-19(27-14-28-21)17-5-7-22(26-13-17)29-8-9-29;/h4-7,10-11,13-15H,8-9,12H2,1-3H3,(H,24,30)(H,25,27,28);1H2/t15-;/m1./s1. The van der Waals surface area contributed by atoms with Crippen molar-refractivity contribution in [3.63, 3.8) is 0 Å². The van der Waals surface area contributed by atoms with Gasteiger partial charge in [0.2, 0.25) is 0 Å². The molecule has 9 heteroatoms. The molecule has 0 saturated carbocycles. The number of ether oxygens (including phenoxy) is 1. The summed E-state index contributed by atoms with van der Waals surface area (Å²) in [7, 11) is 3.23.